The number of hydrogen-bond acceptors (Lipinski definition) is 12. The number of nitrogens with two attached hydrogens (primary N) is 2. The molecular formula is C44H60N2O10P2. The molecule has 0 heterocycles. The second kappa shape index (κ2) is 19.6. The van der Waals surface area contributed by atoms with Crippen LogP contribution in [0.4, 0.5) is 0 Å². The van der Waals surface area contributed by atoms with Crippen molar-refractivity contribution >= 4 is 15.2 Å². The Balaban J connectivity index is 1.82. The summed E-state index contributed by atoms with van der Waals surface area (Å²) in [7, 11) is -7.63. The molecule has 0 aliphatic heterocycles. The molecule has 0 radical (unpaired) electrons. The van der Waals surface area contributed by atoms with Crippen LogP contribution in [0.2, 0.25) is 0 Å². The standard InChI is InChI=1S/C44H60N2O10P2/c1-9-51-57(49,52-10-2)43(45)37-23-33-19-29-15-13-17-31(41(29)55-27(5)6)21-35-25-38(44(46)58(50,53-11-3)54-12-4)26-36(40(35)48)22-32-18-14-16-30(42(32)56-28(7)8)20-34(24-37)39(33)47/h13-18,23-28,43-44,47-48H,9-12,19-22,45-46H2,1-8H3/t43-,44-/m0/s1. The van der Waals surface area contributed by atoms with E-state index in [1.165, 1.54) is 0 Å². The molecule has 4 aromatic carbocycles. The number of rotatable bonds is 16. The van der Waals surface area contributed by atoms with Gasteiger partial charge in [0.2, 0.25) is 0 Å². The minimum atomic E-state index is -3.81. The van der Waals surface area contributed by atoms with Crippen LogP contribution in [0.15, 0.2) is 60.7 Å². The van der Waals surface area contributed by atoms with Gasteiger partial charge in [0.05, 0.1) is 38.6 Å². The van der Waals surface area contributed by atoms with E-state index in [-0.39, 0.29) is 75.8 Å². The summed E-state index contributed by atoms with van der Waals surface area (Å²) in [5, 5.41) is 24.2. The molecule has 316 valence electrons. The van der Waals surface area contributed by atoms with Crippen LogP contribution in [-0.2, 0) is 52.9 Å². The molecule has 58 heavy (non-hydrogen) atoms. The fraction of sp³-hybridized carbons (Fsp3) is 0.455. The molecule has 12 nitrogen and oxygen atoms in total. The summed E-state index contributed by atoms with van der Waals surface area (Å²) in [6, 6.07) is 18.5. The minimum absolute atomic E-state index is 0.0574. The van der Waals surface area contributed by atoms with Gasteiger partial charge < -0.3 is 49.2 Å². The van der Waals surface area contributed by atoms with Gasteiger partial charge in [0.25, 0.3) is 0 Å². The molecule has 1 aliphatic carbocycles. The zero-order valence-electron chi connectivity index (χ0n) is 34.9. The number of ether oxygens (including phenoxy) is 2. The number of fused-ring (bicyclic) bond motifs is 8. The van der Waals surface area contributed by atoms with E-state index in [0.717, 1.165) is 22.3 Å². The number of aromatic hydroxyl groups is 2. The van der Waals surface area contributed by atoms with Gasteiger partial charge in [-0.05, 0) is 135 Å². The highest BCUT2D eigenvalue weighted by molar-refractivity contribution is 7.54. The van der Waals surface area contributed by atoms with Crippen LogP contribution in [-0.4, -0.2) is 48.8 Å². The van der Waals surface area contributed by atoms with Gasteiger partial charge in [-0.3, -0.25) is 9.13 Å². The topological polar surface area (TPSA) is 182 Å². The highest BCUT2D eigenvalue weighted by atomic mass is 31.2. The number of hydrogen-bond donors (Lipinski definition) is 4. The Morgan fingerprint density at radius 3 is 1.00 bits per heavy atom. The number of phenols is 2. The third-order valence-corrected chi connectivity index (χ3v) is 14.2. The Bertz CT molecular complexity index is 1900. The molecule has 14 heteroatoms. The van der Waals surface area contributed by atoms with Gasteiger partial charge >= 0.3 is 15.2 Å². The molecule has 0 aromatic heterocycles. The van der Waals surface area contributed by atoms with E-state index in [9.17, 15) is 19.3 Å². The first-order valence-electron chi connectivity index (χ1n) is 20.1. The maximum Gasteiger partial charge on any atom is 0.351 e. The number of para-hydroxylation sites is 2. The second-order valence-corrected chi connectivity index (χ2v) is 19.2. The van der Waals surface area contributed by atoms with E-state index in [1.54, 1.807) is 52.0 Å². The molecule has 0 spiro atoms. The summed E-state index contributed by atoms with van der Waals surface area (Å²) in [5.74, 6) is -1.000. The first-order chi connectivity index (χ1) is 27.6. The average molecular weight is 839 g/mol. The van der Waals surface area contributed by atoms with E-state index in [2.05, 4.69) is 0 Å². The molecule has 0 saturated carbocycles. The zero-order chi connectivity index (χ0) is 42.4. The fourth-order valence-corrected chi connectivity index (χ4v) is 10.6. The summed E-state index contributed by atoms with van der Waals surface area (Å²) in [5.41, 5.74) is 19.7. The van der Waals surface area contributed by atoms with Gasteiger partial charge in [-0.15, -0.1) is 0 Å². The van der Waals surface area contributed by atoms with E-state index in [4.69, 9.17) is 39.0 Å². The first kappa shape index (κ1) is 45.4. The largest absolute Gasteiger partial charge is 0.507 e. The van der Waals surface area contributed by atoms with Gasteiger partial charge in [0.1, 0.15) is 34.6 Å². The number of benzene rings is 4. The Kier molecular flexibility index (Phi) is 15.3. The van der Waals surface area contributed by atoms with Gasteiger partial charge in [0, 0.05) is 25.7 Å². The van der Waals surface area contributed by atoms with Crippen LogP contribution in [0.3, 0.4) is 0 Å². The van der Waals surface area contributed by atoms with Crippen molar-refractivity contribution < 1.29 is 46.9 Å². The molecule has 0 unspecified atom stereocenters. The molecule has 0 saturated heterocycles. The molecular weight excluding hydrogens is 778 g/mol. The summed E-state index contributed by atoms with van der Waals surface area (Å²) in [6.45, 7) is 15.2. The van der Waals surface area contributed by atoms with Crippen LogP contribution in [0.5, 0.6) is 23.0 Å². The summed E-state index contributed by atoms with van der Waals surface area (Å²) < 4.78 is 63.9. The molecule has 0 amide bonds. The van der Waals surface area contributed by atoms with Crippen LogP contribution < -0.4 is 20.9 Å². The van der Waals surface area contributed by atoms with Crippen molar-refractivity contribution in [3.63, 3.8) is 0 Å². The fourth-order valence-electron chi connectivity index (χ4n) is 7.36. The molecule has 6 N–H and O–H groups in total. The predicted octanol–water partition coefficient (Wildman–Crippen LogP) is 9.80. The normalized spacial score (nSPS) is 14.4. The second-order valence-electron chi connectivity index (χ2n) is 14.9. The lowest BCUT2D eigenvalue weighted by atomic mass is 9.89. The van der Waals surface area contributed by atoms with Crippen LogP contribution in [0.25, 0.3) is 0 Å². The lowest BCUT2D eigenvalue weighted by Crippen LogP contribution is -2.17. The Hall–Kier alpha value is -3.70. The van der Waals surface area contributed by atoms with Crippen molar-refractivity contribution in [3.05, 3.63) is 116 Å². The van der Waals surface area contributed by atoms with Crippen molar-refractivity contribution in [3.8, 4) is 23.0 Å². The highest BCUT2D eigenvalue weighted by Gasteiger charge is 2.36. The van der Waals surface area contributed by atoms with Gasteiger partial charge in [-0.1, -0.05) is 36.4 Å². The minimum Gasteiger partial charge on any atom is -0.507 e. The van der Waals surface area contributed by atoms with E-state index >= 15 is 0 Å². The smallest absolute Gasteiger partial charge is 0.351 e. The summed E-state index contributed by atoms with van der Waals surface area (Å²) >= 11 is 0. The van der Waals surface area contributed by atoms with Crippen LogP contribution in [0, 0.1) is 0 Å². The maximum absolute atomic E-state index is 14.1. The quantitative estimate of drug-likeness (QED) is 0.0692. The zero-order valence-corrected chi connectivity index (χ0v) is 36.7. The predicted molar refractivity (Wildman–Crippen MR) is 227 cm³/mol. The van der Waals surface area contributed by atoms with Crippen molar-refractivity contribution in [2.75, 3.05) is 26.4 Å². The molecule has 2 atom stereocenters. The van der Waals surface area contributed by atoms with E-state index < -0.39 is 26.8 Å². The summed E-state index contributed by atoms with van der Waals surface area (Å²) in [4.78, 5) is 0. The van der Waals surface area contributed by atoms with Crippen molar-refractivity contribution in [2.24, 2.45) is 11.5 Å². The SMILES string of the molecule is CCOP(=O)(OCC)[C@H](N)c1cc2c(O)c(c1)Cc1cccc(c1OC(C)C)Cc1cc([C@@H](N)P(=O)(OCC)OCC)cc(c1O)Cc1cccc(c1OC(C)C)C2. The average Bonchev–Trinajstić information content (AvgIpc) is 3.16. The van der Waals surface area contributed by atoms with Crippen LogP contribution >= 0.6 is 15.2 Å². The van der Waals surface area contributed by atoms with E-state index in [0.29, 0.717) is 44.9 Å². The maximum atomic E-state index is 14.1. The van der Waals surface area contributed by atoms with Gasteiger partial charge in [0.15, 0.2) is 0 Å². The Labute approximate surface area is 343 Å². The number of phenolic OH excluding ortho intramolecular Hbond substituents is 2. The third-order valence-electron chi connectivity index (χ3n) is 9.77. The van der Waals surface area contributed by atoms with Gasteiger partial charge in [-0.2, -0.15) is 0 Å². The molecule has 4 aromatic rings. The molecule has 8 bridgehead atoms. The molecule has 1 aliphatic rings. The van der Waals surface area contributed by atoms with Crippen LogP contribution in [0.1, 0.15) is 123 Å². The van der Waals surface area contributed by atoms with E-state index in [1.807, 2.05) is 64.1 Å². The Morgan fingerprint density at radius 2 is 0.776 bits per heavy atom. The monoisotopic (exact) mass is 838 g/mol. The van der Waals surface area contributed by atoms with Crippen molar-refractivity contribution in [1.82, 2.24) is 0 Å². The molecule has 0 fully saturated rings. The third kappa shape index (κ3) is 10.2. The van der Waals surface area contributed by atoms with Gasteiger partial charge in [-0.25, -0.2) is 0 Å². The molecule has 5 rings (SSSR count). The first-order valence-corrected chi connectivity index (χ1v) is 23.3. The lowest BCUT2D eigenvalue weighted by molar-refractivity contribution is 0.211. The summed E-state index contributed by atoms with van der Waals surface area (Å²) in [6.07, 6.45) is 0.403. The highest BCUT2D eigenvalue weighted by Crippen LogP contribution is 2.60. The lowest BCUT2D eigenvalue weighted by Gasteiger charge is -2.26. The van der Waals surface area contributed by atoms with Crippen molar-refractivity contribution in [1.29, 1.82) is 0 Å². The Morgan fingerprint density at radius 1 is 0.517 bits per heavy atom. The van der Waals surface area contributed by atoms with Crippen molar-refractivity contribution in [2.45, 2.75) is 105 Å².